The van der Waals surface area contributed by atoms with E-state index in [4.69, 9.17) is 5.73 Å². The van der Waals surface area contributed by atoms with E-state index in [-0.39, 0.29) is 0 Å². The maximum Gasteiger partial charge on any atom is 0.229 e. The number of benzene rings is 2. The molecule has 5 heteroatoms. The molecule has 4 aromatic rings. The van der Waals surface area contributed by atoms with Crippen molar-refractivity contribution in [3.05, 3.63) is 72.6 Å². The van der Waals surface area contributed by atoms with Gasteiger partial charge < -0.3 is 11.1 Å². The molecule has 3 N–H and O–H groups in total. The Morgan fingerprint density at radius 3 is 2.62 bits per heavy atom. The lowest BCUT2D eigenvalue weighted by molar-refractivity contribution is 1.14. The van der Waals surface area contributed by atoms with E-state index < -0.39 is 0 Å². The summed E-state index contributed by atoms with van der Waals surface area (Å²) in [4.78, 5) is 13.2. The van der Waals surface area contributed by atoms with Crippen molar-refractivity contribution in [1.29, 1.82) is 0 Å². The highest BCUT2D eigenvalue weighted by molar-refractivity contribution is 5.86. The number of nitrogen functional groups attached to an aromatic ring is 1. The van der Waals surface area contributed by atoms with E-state index >= 15 is 0 Å². The number of aryl methyl sites for hydroxylation is 1. The van der Waals surface area contributed by atoms with Crippen LogP contribution in [0.3, 0.4) is 0 Å². The summed E-state index contributed by atoms with van der Waals surface area (Å²) in [6.45, 7) is 2.13. The predicted molar refractivity (Wildman–Crippen MR) is 106 cm³/mol. The van der Waals surface area contributed by atoms with Gasteiger partial charge in [-0.3, -0.25) is 4.98 Å². The molecular formula is C21H19N5. The first kappa shape index (κ1) is 16.0. The van der Waals surface area contributed by atoms with Crippen LogP contribution in [0.5, 0.6) is 0 Å². The van der Waals surface area contributed by atoms with E-state index in [0.717, 1.165) is 34.1 Å². The maximum absolute atomic E-state index is 6.19. The molecule has 5 nitrogen and oxygen atoms in total. The van der Waals surface area contributed by atoms with Crippen LogP contribution in [-0.2, 0) is 6.42 Å². The zero-order valence-electron chi connectivity index (χ0n) is 14.5. The number of nitrogens with zero attached hydrogens (tertiary/aromatic N) is 3. The van der Waals surface area contributed by atoms with Crippen LogP contribution < -0.4 is 11.1 Å². The van der Waals surface area contributed by atoms with Crippen molar-refractivity contribution in [2.24, 2.45) is 0 Å². The van der Waals surface area contributed by atoms with Gasteiger partial charge in [-0.25, -0.2) is 4.98 Å². The Morgan fingerprint density at radius 1 is 1.00 bits per heavy atom. The smallest absolute Gasteiger partial charge is 0.229 e. The largest absolute Gasteiger partial charge is 0.383 e. The van der Waals surface area contributed by atoms with Crippen molar-refractivity contribution in [1.82, 2.24) is 15.0 Å². The zero-order valence-corrected chi connectivity index (χ0v) is 14.5. The average molecular weight is 341 g/mol. The SMILES string of the molecule is CCc1ccc(Nc2ncc(-c3ccc4ncccc4c3)c(N)n2)cc1. The molecule has 0 aliphatic carbocycles. The third-order valence-electron chi connectivity index (χ3n) is 4.35. The van der Waals surface area contributed by atoms with Gasteiger partial charge >= 0.3 is 0 Å². The van der Waals surface area contributed by atoms with Crippen LogP contribution in [0.2, 0.25) is 0 Å². The van der Waals surface area contributed by atoms with E-state index in [1.165, 1.54) is 5.56 Å². The second kappa shape index (κ2) is 6.80. The molecule has 2 aromatic heterocycles. The number of hydrogen-bond donors (Lipinski definition) is 2. The summed E-state index contributed by atoms with van der Waals surface area (Å²) >= 11 is 0. The average Bonchev–Trinajstić information content (AvgIpc) is 2.68. The second-order valence-electron chi connectivity index (χ2n) is 6.08. The van der Waals surface area contributed by atoms with Gasteiger partial charge in [0.25, 0.3) is 0 Å². The van der Waals surface area contributed by atoms with Crippen LogP contribution in [0, 0.1) is 0 Å². The maximum atomic E-state index is 6.19. The fraction of sp³-hybridized carbons (Fsp3) is 0.0952. The summed E-state index contributed by atoms with van der Waals surface area (Å²) in [7, 11) is 0. The van der Waals surface area contributed by atoms with Crippen molar-refractivity contribution in [2.45, 2.75) is 13.3 Å². The number of aromatic nitrogens is 3. The minimum absolute atomic E-state index is 0.441. The van der Waals surface area contributed by atoms with Gasteiger partial charge in [-0.1, -0.05) is 31.2 Å². The Balaban J connectivity index is 1.62. The van der Waals surface area contributed by atoms with Crippen LogP contribution in [0.15, 0.2) is 67.0 Å². The molecule has 2 aromatic carbocycles. The number of pyridine rings is 1. The molecule has 0 unspecified atom stereocenters. The normalized spacial score (nSPS) is 10.8. The highest BCUT2D eigenvalue weighted by atomic mass is 15.1. The lowest BCUT2D eigenvalue weighted by atomic mass is 10.1. The molecule has 2 heterocycles. The molecule has 0 amide bonds. The minimum Gasteiger partial charge on any atom is -0.383 e. The number of hydrogen-bond acceptors (Lipinski definition) is 5. The number of rotatable bonds is 4. The lowest BCUT2D eigenvalue weighted by Crippen LogP contribution is -2.02. The summed E-state index contributed by atoms with van der Waals surface area (Å²) in [5.74, 6) is 0.925. The first-order chi connectivity index (χ1) is 12.7. The summed E-state index contributed by atoms with van der Waals surface area (Å²) in [6, 6.07) is 18.2. The predicted octanol–water partition coefficient (Wildman–Crippen LogP) is 4.58. The van der Waals surface area contributed by atoms with Crippen molar-refractivity contribution in [3.8, 4) is 11.1 Å². The van der Waals surface area contributed by atoms with Gasteiger partial charge in [0, 0.05) is 29.0 Å². The Hall–Kier alpha value is -3.47. The van der Waals surface area contributed by atoms with Gasteiger partial charge in [0.1, 0.15) is 5.82 Å². The molecule has 0 fully saturated rings. The third-order valence-corrected chi connectivity index (χ3v) is 4.35. The van der Waals surface area contributed by atoms with E-state index in [2.05, 4.69) is 39.3 Å². The van der Waals surface area contributed by atoms with Gasteiger partial charge in [-0.2, -0.15) is 4.98 Å². The molecule has 0 saturated carbocycles. The summed E-state index contributed by atoms with van der Waals surface area (Å²) in [6.07, 6.45) is 4.55. The summed E-state index contributed by atoms with van der Waals surface area (Å²) in [5.41, 5.74) is 11.1. The van der Waals surface area contributed by atoms with Crippen LogP contribution >= 0.6 is 0 Å². The van der Waals surface area contributed by atoms with Crippen molar-refractivity contribution >= 4 is 28.4 Å². The van der Waals surface area contributed by atoms with E-state index in [1.54, 1.807) is 12.4 Å². The van der Waals surface area contributed by atoms with Gasteiger partial charge in [0.15, 0.2) is 0 Å². The molecule has 4 rings (SSSR count). The minimum atomic E-state index is 0.441. The van der Waals surface area contributed by atoms with Crippen LogP contribution in [0.25, 0.3) is 22.0 Å². The molecule has 0 bridgehead atoms. The summed E-state index contributed by atoms with van der Waals surface area (Å²) < 4.78 is 0. The highest BCUT2D eigenvalue weighted by Crippen LogP contribution is 2.27. The van der Waals surface area contributed by atoms with Crippen molar-refractivity contribution in [3.63, 3.8) is 0 Å². The topological polar surface area (TPSA) is 76.7 Å². The molecule has 128 valence electrons. The Morgan fingerprint density at radius 2 is 1.85 bits per heavy atom. The third kappa shape index (κ3) is 3.19. The van der Waals surface area contributed by atoms with E-state index in [0.29, 0.717) is 11.8 Å². The zero-order chi connectivity index (χ0) is 17.9. The highest BCUT2D eigenvalue weighted by Gasteiger charge is 2.08. The molecule has 26 heavy (non-hydrogen) atoms. The Kier molecular flexibility index (Phi) is 4.19. The van der Waals surface area contributed by atoms with Crippen LogP contribution in [0.1, 0.15) is 12.5 Å². The summed E-state index contributed by atoms with van der Waals surface area (Å²) in [5, 5.41) is 4.25. The van der Waals surface area contributed by atoms with Gasteiger partial charge in [-0.15, -0.1) is 0 Å². The Labute approximate surface area is 152 Å². The van der Waals surface area contributed by atoms with Gasteiger partial charge in [0.2, 0.25) is 5.95 Å². The number of nitrogens with two attached hydrogens (primary N) is 1. The molecule has 0 aliphatic rings. The molecular weight excluding hydrogens is 322 g/mol. The number of anilines is 3. The number of nitrogens with one attached hydrogen (secondary N) is 1. The van der Waals surface area contributed by atoms with Gasteiger partial charge in [-0.05, 0) is 47.9 Å². The van der Waals surface area contributed by atoms with Crippen LogP contribution in [0.4, 0.5) is 17.5 Å². The standard InChI is InChI=1S/C21H19N5/c1-2-14-5-8-17(9-6-14)25-21-24-13-18(20(22)26-21)15-7-10-19-16(12-15)4-3-11-23-19/h3-13H,2H2,1H3,(H3,22,24,25,26). The lowest BCUT2D eigenvalue weighted by Gasteiger charge is -2.09. The van der Waals surface area contributed by atoms with Crippen molar-refractivity contribution in [2.75, 3.05) is 11.1 Å². The first-order valence-corrected chi connectivity index (χ1v) is 8.56. The van der Waals surface area contributed by atoms with E-state index in [1.807, 2.05) is 42.5 Å². The number of fused-ring (bicyclic) bond motifs is 1. The molecule has 0 radical (unpaired) electrons. The van der Waals surface area contributed by atoms with Gasteiger partial charge in [0.05, 0.1) is 5.52 Å². The Bertz CT molecular complexity index is 1060. The van der Waals surface area contributed by atoms with Crippen LogP contribution in [-0.4, -0.2) is 15.0 Å². The van der Waals surface area contributed by atoms with Crippen molar-refractivity contribution < 1.29 is 0 Å². The fourth-order valence-electron chi connectivity index (χ4n) is 2.87. The quantitative estimate of drug-likeness (QED) is 0.568. The molecule has 0 atom stereocenters. The molecule has 0 saturated heterocycles. The molecule has 0 spiro atoms. The first-order valence-electron chi connectivity index (χ1n) is 8.56. The second-order valence-corrected chi connectivity index (χ2v) is 6.08. The van der Waals surface area contributed by atoms with E-state index in [9.17, 15) is 0 Å². The molecule has 0 aliphatic heterocycles. The fourth-order valence-corrected chi connectivity index (χ4v) is 2.87. The monoisotopic (exact) mass is 341 g/mol.